The Morgan fingerprint density at radius 2 is 2.40 bits per heavy atom. The minimum absolute atomic E-state index is 0. The lowest BCUT2D eigenvalue weighted by Gasteiger charge is -2.16. The van der Waals surface area contributed by atoms with E-state index in [4.69, 9.17) is 0 Å². The first-order valence-corrected chi connectivity index (χ1v) is 3.68. The van der Waals surface area contributed by atoms with Crippen LogP contribution in [0.1, 0.15) is 19.3 Å². The van der Waals surface area contributed by atoms with Crippen molar-refractivity contribution < 1.29 is 0 Å². The molecule has 0 aromatic heterocycles. The van der Waals surface area contributed by atoms with E-state index < -0.39 is 0 Å². The van der Waals surface area contributed by atoms with E-state index in [-0.39, 0.29) is 13.5 Å². The van der Waals surface area contributed by atoms with Gasteiger partial charge in [0.15, 0.2) is 0 Å². The fourth-order valence-electron chi connectivity index (χ4n) is 2.04. The minimum Gasteiger partial charge on any atom is -0.197 e. The molecule has 2 bridgehead atoms. The van der Waals surface area contributed by atoms with Crippen molar-refractivity contribution in [2.45, 2.75) is 19.3 Å². The molecule has 1 fully saturated rings. The molecule has 0 aromatic rings. The zero-order valence-corrected chi connectivity index (χ0v) is 7.14. The number of hydrogen-bond donors (Lipinski definition) is 0. The van der Waals surface area contributed by atoms with Crippen molar-refractivity contribution in [2.24, 2.45) is 11.3 Å². The zero-order chi connectivity index (χ0) is 6.32. The molecule has 0 heterocycles. The Balaban J connectivity index is 0.000000500. The summed E-state index contributed by atoms with van der Waals surface area (Å²) in [5.41, 5.74) is 0.435. The molecule has 2 rings (SSSR count). The predicted molar refractivity (Wildman–Crippen MR) is 49.5 cm³/mol. The van der Waals surface area contributed by atoms with Gasteiger partial charge in [-0.3, -0.25) is 0 Å². The number of hydrogen-bond acceptors (Lipinski definition) is 0. The van der Waals surface area contributed by atoms with Gasteiger partial charge >= 0.3 is 0 Å². The lowest BCUT2D eigenvalue weighted by molar-refractivity contribution is 0.525. The standard InChI is InChI=1S/C9H12.H2S/c1-2-9-5-3-8(7-9)4-6-9;/h2-3,5,8H,1,4,6-7H2;1H2. The first kappa shape index (κ1) is 7.93. The maximum atomic E-state index is 3.86. The summed E-state index contributed by atoms with van der Waals surface area (Å²) in [4.78, 5) is 0. The molecular formula is C9H14S. The Morgan fingerprint density at radius 1 is 1.60 bits per heavy atom. The van der Waals surface area contributed by atoms with E-state index in [1.54, 1.807) is 0 Å². The molecule has 1 saturated carbocycles. The molecule has 0 N–H and O–H groups in total. The summed E-state index contributed by atoms with van der Waals surface area (Å²) in [6, 6.07) is 0. The Labute approximate surface area is 69.5 Å². The van der Waals surface area contributed by atoms with Gasteiger partial charge in [-0.1, -0.05) is 18.2 Å². The predicted octanol–water partition coefficient (Wildman–Crippen LogP) is 2.64. The highest BCUT2D eigenvalue weighted by Gasteiger charge is 2.37. The molecule has 0 radical (unpaired) electrons. The van der Waals surface area contributed by atoms with Gasteiger partial charge in [0.25, 0.3) is 0 Å². The quantitative estimate of drug-likeness (QED) is 0.509. The van der Waals surface area contributed by atoms with Crippen molar-refractivity contribution >= 4 is 13.5 Å². The second kappa shape index (κ2) is 2.46. The molecule has 2 atom stereocenters. The van der Waals surface area contributed by atoms with Crippen LogP contribution in [0.3, 0.4) is 0 Å². The van der Waals surface area contributed by atoms with Crippen LogP contribution in [0, 0.1) is 11.3 Å². The summed E-state index contributed by atoms with van der Waals surface area (Å²) in [6.07, 6.45) is 10.9. The van der Waals surface area contributed by atoms with Gasteiger partial charge in [-0.2, -0.15) is 13.5 Å². The van der Waals surface area contributed by atoms with Crippen molar-refractivity contribution in [3.63, 3.8) is 0 Å². The van der Waals surface area contributed by atoms with E-state index >= 15 is 0 Å². The van der Waals surface area contributed by atoms with Gasteiger partial charge in [-0.15, -0.1) is 6.58 Å². The summed E-state index contributed by atoms with van der Waals surface area (Å²) in [6.45, 7) is 3.86. The smallest absolute Gasteiger partial charge is 0.00642 e. The Hall–Kier alpha value is -0.170. The average Bonchev–Trinajstić information content (AvgIpc) is 2.46. The van der Waals surface area contributed by atoms with Crippen LogP contribution < -0.4 is 0 Å². The fraction of sp³-hybridized carbons (Fsp3) is 0.556. The number of rotatable bonds is 1. The van der Waals surface area contributed by atoms with Crippen LogP contribution in [0.25, 0.3) is 0 Å². The van der Waals surface area contributed by atoms with Crippen molar-refractivity contribution in [1.82, 2.24) is 0 Å². The van der Waals surface area contributed by atoms with Crippen molar-refractivity contribution in [3.05, 3.63) is 24.8 Å². The van der Waals surface area contributed by atoms with E-state index in [1.807, 2.05) is 0 Å². The van der Waals surface area contributed by atoms with Crippen molar-refractivity contribution in [2.75, 3.05) is 0 Å². The zero-order valence-electron chi connectivity index (χ0n) is 6.14. The second-order valence-electron chi connectivity index (χ2n) is 3.30. The van der Waals surface area contributed by atoms with Gasteiger partial charge in [-0.25, -0.2) is 0 Å². The Morgan fingerprint density at radius 3 is 2.60 bits per heavy atom. The lowest BCUT2D eigenvalue weighted by atomic mass is 9.88. The van der Waals surface area contributed by atoms with Gasteiger partial charge in [-0.05, 0) is 25.2 Å². The number of fused-ring (bicyclic) bond motifs is 2. The molecule has 0 saturated heterocycles. The molecule has 2 aliphatic carbocycles. The maximum Gasteiger partial charge on any atom is 0.00642 e. The third-order valence-electron chi connectivity index (χ3n) is 2.73. The highest BCUT2D eigenvalue weighted by molar-refractivity contribution is 7.59. The van der Waals surface area contributed by atoms with E-state index in [0.717, 1.165) is 5.92 Å². The molecule has 56 valence electrons. The van der Waals surface area contributed by atoms with Crippen LogP contribution in [0.2, 0.25) is 0 Å². The van der Waals surface area contributed by atoms with Crippen LogP contribution >= 0.6 is 13.5 Å². The summed E-state index contributed by atoms with van der Waals surface area (Å²) >= 11 is 0. The molecular weight excluding hydrogens is 140 g/mol. The minimum atomic E-state index is 0. The molecule has 2 unspecified atom stereocenters. The Kier molecular flexibility index (Phi) is 1.95. The van der Waals surface area contributed by atoms with Gasteiger partial charge in [0.05, 0.1) is 0 Å². The van der Waals surface area contributed by atoms with E-state index in [1.165, 1.54) is 19.3 Å². The SMILES string of the molecule is C=CC12C=CC(CC1)C2.S. The first-order chi connectivity index (χ1) is 4.35. The summed E-state index contributed by atoms with van der Waals surface area (Å²) in [5.74, 6) is 0.892. The third kappa shape index (κ3) is 0.929. The normalized spacial score (nSPS) is 41.4. The lowest BCUT2D eigenvalue weighted by Crippen LogP contribution is -2.05. The second-order valence-corrected chi connectivity index (χ2v) is 3.30. The maximum absolute atomic E-state index is 3.86. The first-order valence-electron chi connectivity index (χ1n) is 3.68. The molecule has 0 aliphatic heterocycles. The topological polar surface area (TPSA) is 0 Å². The molecule has 0 spiro atoms. The largest absolute Gasteiger partial charge is 0.197 e. The summed E-state index contributed by atoms with van der Waals surface area (Å²) < 4.78 is 0. The van der Waals surface area contributed by atoms with Gasteiger partial charge in [0.2, 0.25) is 0 Å². The average molecular weight is 154 g/mol. The molecule has 0 nitrogen and oxygen atoms in total. The summed E-state index contributed by atoms with van der Waals surface area (Å²) in [7, 11) is 0. The molecule has 10 heavy (non-hydrogen) atoms. The van der Waals surface area contributed by atoms with Crippen LogP contribution in [0.5, 0.6) is 0 Å². The van der Waals surface area contributed by atoms with Gasteiger partial charge in [0, 0.05) is 5.41 Å². The molecule has 0 amide bonds. The van der Waals surface area contributed by atoms with Crippen molar-refractivity contribution in [3.8, 4) is 0 Å². The van der Waals surface area contributed by atoms with Gasteiger partial charge in [0.1, 0.15) is 0 Å². The molecule has 2 aliphatic rings. The van der Waals surface area contributed by atoms with Crippen molar-refractivity contribution in [1.29, 1.82) is 0 Å². The van der Waals surface area contributed by atoms with Crippen LogP contribution in [0.4, 0.5) is 0 Å². The monoisotopic (exact) mass is 154 g/mol. The third-order valence-corrected chi connectivity index (χ3v) is 2.73. The van der Waals surface area contributed by atoms with Crippen LogP contribution in [-0.2, 0) is 0 Å². The molecule has 0 aromatic carbocycles. The Bertz CT molecular complexity index is 172. The highest BCUT2D eigenvalue weighted by Crippen LogP contribution is 2.49. The summed E-state index contributed by atoms with van der Waals surface area (Å²) in [5, 5.41) is 0. The molecule has 1 heteroatoms. The fourth-order valence-corrected chi connectivity index (χ4v) is 2.04. The van der Waals surface area contributed by atoms with E-state index in [0.29, 0.717) is 5.41 Å². The van der Waals surface area contributed by atoms with E-state index in [9.17, 15) is 0 Å². The van der Waals surface area contributed by atoms with E-state index in [2.05, 4.69) is 24.8 Å². The highest BCUT2D eigenvalue weighted by atomic mass is 32.1. The van der Waals surface area contributed by atoms with Crippen LogP contribution in [0.15, 0.2) is 24.8 Å². The van der Waals surface area contributed by atoms with Gasteiger partial charge < -0.3 is 0 Å². The van der Waals surface area contributed by atoms with Crippen LogP contribution in [-0.4, -0.2) is 0 Å². The number of allylic oxidation sites excluding steroid dienone is 3.